The summed E-state index contributed by atoms with van der Waals surface area (Å²) in [5, 5.41) is 9.12. The summed E-state index contributed by atoms with van der Waals surface area (Å²) >= 11 is 7.47. The Morgan fingerprint density at radius 3 is 2.48 bits per heavy atom. The molecule has 1 aliphatic heterocycles. The van der Waals surface area contributed by atoms with E-state index in [1.807, 2.05) is 6.07 Å². The number of halogens is 5. The molecule has 0 bridgehead atoms. The molecule has 0 aliphatic carbocycles. The smallest absolute Gasteiger partial charge is 0.417 e. The van der Waals surface area contributed by atoms with Gasteiger partial charge in [-0.25, -0.2) is 9.78 Å². The van der Waals surface area contributed by atoms with E-state index in [1.165, 1.54) is 11.0 Å². The van der Waals surface area contributed by atoms with Crippen LogP contribution in [0.15, 0.2) is 42.6 Å². The van der Waals surface area contributed by atoms with E-state index in [1.54, 1.807) is 18.2 Å². The first-order valence-corrected chi connectivity index (χ1v) is 10.4. The molecule has 156 valence electrons. The summed E-state index contributed by atoms with van der Waals surface area (Å²) in [5.74, 6) is 0.503. The quantitative estimate of drug-likeness (QED) is 0.469. The zero-order chi connectivity index (χ0) is 21.2. The minimum atomic E-state index is -4.45. The van der Waals surface area contributed by atoms with Crippen molar-refractivity contribution in [2.24, 2.45) is 0 Å². The fourth-order valence-corrected chi connectivity index (χ4v) is 4.45. The lowest BCUT2D eigenvalue weighted by Crippen LogP contribution is -2.44. The molecule has 2 heterocycles. The Kier molecular flexibility index (Phi) is 6.42. The van der Waals surface area contributed by atoms with Gasteiger partial charge >= 0.3 is 12.3 Å². The van der Waals surface area contributed by atoms with E-state index in [0.717, 1.165) is 17.8 Å². The van der Waals surface area contributed by atoms with Crippen LogP contribution in [-0.4, -0.2) is 38.5 Å². The first-order valence-electron chi connectivity index (χ1n) is 8.70. The highest BCUT2D eigenvalue weighted by Crippen LogP contribution is 2.48. The van der Waals surface area contributed by atoms with E-state index in [-0.39, 0.29) is 15.0 Å². The number of rotatable bonds is 4. The fraction of sp³-hybridized carbons (Fsp3) is 0.368. The van der Waals surface area contributed by atoms with Gasteiger partial charge in [0.25, 0.3) is 0 Å². The molecular formula is C19H17Br2F3N2O3. The lowest BCUT2D eigenvalue weighted by molar-refractivity contribution is -0.137. The number of nitrogens with zero attached hydrogens (tertiary/aromatic N) is 2. The average molecular weight is 538 g/mol. The first-order chi connectivity index (χ1) is 13.6. The van der Waals surface area contributed by atoms with Gasteiger partial charge in [-0.2, -0.15) is 13.2 Å². The maximum atomic E-state index is 12.6. The molecule has 1 aliphatic rings. The topological polar surface area (TPSA) is 62.7 Å². The molecular weight excluding hydrogens is 521 g/mol. The van der Waals surface area contributed by atoms with Gasteiger partial charge in [-0.1, -0.05) is 44.0 Å². The zero-order valence-electron chi connectivity index (χ0n) is 15.0. The number of carboxylic acid groups (broad SMARTS) is 1. The fourth-order valence-electron chi connectivity index (χ4n) is 3.09. The average Bonchev–Trinajstić information content (AvgIpc) is 2.67. The molecule has 1 amide bonds. The largest absolute Gasteiger partial charge is 0.465 e. The van der Waals surface area contributed by atoms with Crippen molar-refractivity contribution in [3.8, 4) is 11.6 Å². The highest BCUT2D eigenvalue weighted by molar-refractivity contribution is 9.12. The number of carbonyl (C=O) groups is 1. The number of likely N-dealkylation sites (tertiary alicyclic amines) is 1. The van der Waals surface area contributed by atoms with Crippen molar-refractivity contribution < 1.29 is 27.8 Å². The van der Waals surface area contributed by atoms with E-state index in [9.17, 15) is 18.0 Å². The number of alkyl halides is 5. The molecule has 1 unspecified atom stereocenters. The van der Waals surface area contributed by atoms with Gasteiger partial charge in [0.2, 0.25) is 5.88 Å². The van der Waals surface area contributed by atoms with Crippen LogP contribution in [0.4, 0.5) is 18.0 Å². The second-order valence-electron chi connectivity index (χ2n) is 6.72. The number of ether oxygens (including phenoxy) is 1. The Morgan fingerprint density at radius 1 is 1.24 bits per heavy atom. The van der Waals surface area contributed by atoms with Gasteiger partial charge in [0.1, 0.15) is 5.75 Å². The van der Waals surface area contributed by atoms with Crippen molar-refractivity contribution in [1.29, 1.82) is 0 Å². The van der Waals surface area contributed by atoms with Crippen molar-refractivity contribution in [3.63, 3.8) is 0 Å². The third kappa shape index (κ3) is 5.22. The van der Waals surface area contributed by atoms with Crippen molar-refractivity contribution >= 4 is 38.0 Å². The van der Waals surface area contributed by atoms with Gasteiger partial charge < -0.3 is 14.7 Å². The van der Waals surface area contributed by atoms with E-state index >= 15 is 0 Å². The molecule has 10 heteroatoms. The Labute approximate surface area is 182 Å². The SMILES string of the molecule is O=C(O)N1CCC(Br)(C(Br)c2cccc(Oc3ccc(C(F)(F)F)cn3)c2)CC1. The molecule has 1 fully saturated rings. The molecule has 1 N–H and O–H groups in total. The third-order valence-electron chi connectivity index (χ3n) is 4.76. The Hall–Kier alpha value is -1.81. The minimum Gasteiger partial charge on any atom is -0.465 e. The van der Waals surface area contributed by atoms with Gasteiger partial charge in [0, 0.05) is 29.7 Å². The zero-order valence-corrected chi connectivity index (χ0v) is 18.2. The second-order valence-corrected chi connectivity index (χ2v) is 9.22. The summed E-state index contributed by atoms with van der Waals surface area (Å²) in [7, 11) is 0. The normalized spacial score (nSPS) is 17.6. The van der Waals surface area contributed by atoms with Crippen LogP contribution in [0.25, 0.3) is 0 Å². The van der Waals surface area contributed by atoms with E-state index in [0.29, 0.717) is 31.7 Å². The van der Waals surface area contributed by atoms with Crippen LogP contribution in [0.2, 0.25) is 0 Å². The summed E-state index contributed by atoms with van der Waals surface area (Å²) in [6.07, 6.45) is -3.39. The predicted octanol–water partition coefficient (Wildman–Crippen LogP) is 6.24. The molecule has 1 saturated heterocycles. The van der Waals surface area contributed by atoms with Gasteiger partial charge in [-0.15, -0.1) is 0 Å². The molecule has 0 radical (unpaired) electrons. The molecule has 29 heavy (non-hydrogen) atoms. The Balaban J connectivity index is 1.71. The molecule has 3 rings (SSSR count). The first kappa shape index (κ1) is 21.9. The second kappa shape index (κ2) is 8.51. The lowest BCUT2D eigenvalue weighted by atomic mass is 9.89. The standard InChI is InChI=1S/C19H17Br2F3N2O3/c20-16(18(21)6-8-26(9-7-18)17(27)28)12-2-1-3-14(10-12)29-15-5-4-13(11-25-15)19(22,23)24/h1-5,10-11,16H,6-9H2,(H,27,28). The molecule has 1 aromatic carbocycles. The van der Waals surface area contributed by atoms with Crippen LogP contribution in [0.1, 0.15) is 28.8 Å². The monoisotopic (exact) mass is 536 g/mol. The van der Waals surface area contributed by atoms with E-state index < -0.39 is 17.8 Å². The van der Waals surface area contributed by atoms with Gasteiger partial charge in [0.15, 0.2) is 0 Å². The summed E-state index contributed by atoms with van der Waals surface area (Å²) in [5.41, 5.74) is 0.0584. The number of hydrogen-bond donors (Lipinski definition) is 1. The van der Waals surface area contributed by atoms with Crippen LogP contribution in [0.3, 0.4) is 0 Å². The van der Waals surface area contributed by atoms with Crippen LogP contribution >= 0.6 is 31.9 Å². The van der Waals surface area contributed by atoms with Gasteiger partial charge in [0.05, 0.1) is 10.4 Å². The summed E-state index contributed by atoms with van der Waals surface area (Å²) in [6.45, 7) is 0.850. The summed E-state index contributed by atoms with van der Waals surface area (Å²) < 4.78 is 43.2. The molecule has 2 aromatic rings. The maximum Gasteiger partial charge on any atom is 0.417 e. The van der Waals surface area contributed by atoms with Crippen molar-refractivity contribution in [1.82, 2.24) is 9.88 Å². The number of aromatic nitrogens is 1. The van der Waals surface area contributed by atoms with Crippen molar-refractivity contribution in [3.05, 3.63) is 53.7 Å². The molecule has 0 spiro atoms. The number of piperidine rings is 1. The Morgan fingerprint density at radius 2 is 1.93 bits per heavy atom. The predicted molar refractivity (Wildman–Crippen MR) is 108 cm³/mol. The van der Waals surface area contributed by atoms with Crippen LogP contribution < -0.4 is 4.74 Å². The molecule has 1 atom stereocenters. The van der Waals surface area contributed by atoms with Crippen LogP contribution in [0.5, 0.6) is 11.6 Å². The number of amides is 1. The van der Waals surface area contributed by atoms with E-state index in [4.69, 9.17) is 9.84 Å². The maximum absolute atomic E-state index is 12.6. The van der Waals surface area contributed by atoms with Crippen molar-refractivity contribution in [2.75, 3.05) is 13.1 Å². The number of benzene rings is 1. The summed E-state index contributed by atoms with van der Waals surface area (Å²) in [4.78, 5) is 16.1. The molecule has 5 nitrogen and oxygen atoms in total. The van der Waals surface area contributed by atoms with Gasteiger partial charge in [-0.3, -0.25) is 0 Å². The molecule has 1 aromatic heterocycles. The highest BCUT2D eigenvalue weighted by atomic mass is 79.9. The van der Waals surface area contributed by atoms with Crippen LogP contribution in [0, 0.1) is 0 Å². The highest BCUT2D eigenvalue weighted by Gasteiger charge is 2.40. The van der Waals surface area contributed by atoms with Gasteiger partial charge in [-0.05, 0) is 36.6 Å². The third-order valence-corrected chi connectivity index (χ3v) is 8.03. The summed E-state index contributed by atoms with van der Waals surface area (Å²) in [6, 6.07) is 9.25. The number of pyridine rings is 1. The minimum absolute atomic E-state index is 0.0598. The van der Waals surface area contributed by atoms with Crippen molar-refractivity contribution in [2.45, 2.75) is 28.2 Å². The van der Waals surface area contributed by atoms with Crippen LogP contribution in [-0.2, 0) is 6.18 Å². The Bertz CT molecular complexity index is 870. The van der Waals surface area contributed by atoms with E-state index in [2.05, 4.69) is 36.8 Å². The lowest BCUT2D eigenvalue weighted by Gasteiger charge is -2.40. The molecule has 0 saturated carbocycles. The number of hydrogen-bond acceptors (Lipinski definition) is 3.